The zero-order valence-electron chi connectivity index (χ0n) is 16.1. The molecule has 1 aliphatic heterocycles. The summed E-state index contributed by atoms with van der Waals surface area (Å²) < 4.78 is 27.9. The number of sulfonamides is 1. The van der Waals surface area contributed by atoms with E-state index in [-0.39, 0.29) is 21.9 Å². The molecule has 2 aromatic carbocycles. The van der Waals surface area contributed by atoms with Gasteiger partial charge in [-0.05, 0) is 49.1 Å². The maximum atomic E-state index is 13.2. The van der Waals surface area contributed by atoms with Crippen LogP contribution in [0, 0.1) is 0 Å². The van der Waals surface area contributed by atoms with E-state index in [0.717, 1.165) is 24.0 Å². The van der Waals surface area contributed by atoms with Gasteiger partial charge in [0.2, 0.25) is 10.0 Å². The van der Waals surface area contributed by atoms with E-state index in [1.807, 2.05) is 38.1 Å². The number of amides is 1. The van der Waals surface area contributed by atoms with E-state index in [4.69, 9.17) is 11.6 Å². The van der Waals surface area contributed by atoms with Crippen molar-refractivity contribution in [1.82, 2.24) is 9.62 Å². The highest BCUT2D eigenvalue weighted by Gasteiger charge is 2.30. The minimum Gasteiger partial charge on any atom is -0.350 e. The van der Waals surface area contributed by atoms with Gasteiger partial charge in [-0.2, -0.15) is 4.31 Å². The first kappa shape index (κ1) is 20.8. The number of carbonyl (C=O) groups is 1. The molecule has 0 fully saturated rings. The molecule has 3 rings (SSSR count). The number of fused-ring (bicyclic) bond motifs is 1. The van der Waals surface area contributed by atoms with Crippen LogP contribution in [0.5, 0.6) is 0 Å². The Hall–Kier alpha value is -1.89. The average molecular weight is 421 g/mol. The maximum absolute atomic E-state index is 13.2. The molecule has 28 heavy (non-hydrogen) atoms. The van der Waals surface area contributed by atoms with Crippen molar-refractivity contribution in [2.24, 2.45) is 0 Å². The molecule has 1 heterocycles. The topological polar surface area (TPSA) is 66.5 Å². The summed E-state index contributed by atoms with van der Waals surface area (Å²) in [5, 5.41) is 3.02. The molecule has 5 nitrogen and oxygen atoms in total. The summed E-state index contributed by atoms with van der Waals surface area (Å²) in [6.45, 7) is 4.67. The molecule has 2 aromatic rings. The van der Waals surface area contributed by atoms with Gasteiger partial charge in [-0.25, -0.2) is 8.42 Å². The van der Waals surface area contributed by atoms with E-state index in [1.54, 1.807) is 6.07 Å². The summed E-state index contributed by atoms with van der Waals surface area (Å²) in [4.78, 5) is 12.5. The van der Waals surface area contributed by atoms with Gasteiger partial charge in [0.1, 0.15) is 4.90 Å². The number of nitrogens with zero attached hydrogens (tertiary/aromatic N) is 1. The van der Waals surface area contributed by atoms with Crippen molar-refractivity contribution in [2.45, 2.75) is 50.6 Å². The Kier molecular flexibility index (Phi) is 6.43. The second-order valence-corrected chi connectivity index (χ2v) is 9.48. The minimum absolute atomic E-state index is 0.0202. The molecule has 7 heteroatoms. The lowest BCUT2D eigenvalue weighted by Gasteiger charge is -2.28. The SMILES string of the molecule is CCC[C@H](C)NC(=O)c1ccc(Cl)c(S(=O)(=O)N2CCc3ccccc3C2)c1. The Morgan fingerprint density at radius 3 is 2.64 bits per heavy atom. The van der Waals surface area contributed by atoms with Crippen LogP contribution in [-0.4, -0.2) is 31.2 Å². The fourth-order valence-corrected chi connectivity index (χ4v) is 5.39. The molecule has 1 atom stereocenters. The van der Waals surface area contributed by atoms with Crippen molar-refractivity contribution in [3.05, 3.63) is 64.2 Å². The first-order chi connectivity index (χ1) is 13.3. The second-order valence-electron chi connectivity index (χ2n) is 7.17. The van der Waals surface area contributed by atoms with Crippen LogP contribution < -0.4 is 5.32 Å². The van der Waals surface area contributed by atoms with Crippen molar-refractivity contribution in [3.63, 3.8) is 0 Å². The fraction of sp³-hybridized carbons (Fsp3) is 0.381. The Morgan fingerprint density at radius 1 is 1.21 bits per heavy atom. The van der Waals surface area contributed by atoms with Crippen LogP contribution in [0.2, 0.25) is 5.02 Å². The molecule has 0 spiro atoms. The van der Waals surface area contributed by atoms with Crippen LogP contribution >= 0.6 is 11.6 Å². The summed E-state index contributed by atoms with van der Waals surface area (Å²) in [6.07, 6.45) is 2.47. The predicted molar refractivity (Wildman–Crippen MR) is 111 cm³/mol. The molecule has 1 N–H and O–H groups in total. The molecule has 0 aromatic heterocycles. The van der Waals surface area contributed by atoms with Crippen LogP contribution in [0.4, 0.5) is 0 Å². The van der Waals surface area contributed by atoms with E-state index < -0.39 is 10.0 Å². The Morgan fingerprint density at radius 2 is 1.93 bits per heavy atom. The highest BCUT2D eigenvalue weighted by atomic mass is 35.5. The molecule has 0 saturated carbocycles. The van der Waals surface area contributed by atoms with Crippen molar-refractivity contribution in [3.8, 4) is 0 Å². The smallest absolute Gasteiger partial charge is 0.251 e. The molecule has 0 saturated heterocycles. The van der Waals surface area contributed by atoms with Gasteiger partial charge in [0.25, 0.3) is 5.91 Å². The molecular weight excluding hydrogens is 396 g/mol. The number of hydrogen-bond acceptors (Lipinski definition) is 3. The number of carbonyl (C=O) groups excluding carboxylic acids is 1. The third-order valence-electron chi connectivity index (χ3n) is 5.01. The summed E-state index contributed by atoms with van der Waals surface area (Å²) in [5.41, 5.74) is 2.46. The standard InChI is InChI=1S/C21H25ClN2O3S/c1-3-6-15(2)23-21(25)17-9-10-19(22)20(13-17)28(26,27)24-12-11-16-7-4-5-8-18(16)14-24/h4-5,7-10,13,15H,3,6,11-12,14H2,1-2H3,(H,23,25)/t15-/m0/s1. The van der Waals surface area contributed by atoms with Gasteiger partial charge in [-0.1, -0.05) is 49.2 Å². The normalized spacial score (nSPS) is 15.7. The van der Waals surface area contributed by atoms with Crippen molar-refractivity contribution < 1.29 is 13.2 Å². The Balaban J connectivity index is 1.87. The van der Waals surface area contributed by atoms with Crippen LogP contribution in [0.1, 0.15) is 48.2 Å². The summed E-state index contributed by atoms with van der Waals surface area (Å²) >= 11 is 6.22. The summed E-state index contributed by atoms with van der Waals surface area (Å²) in [5.74, 6) is -0.293. The molecule has 150 valence electrons. The number of halogens is 1. The Labute approximate surface area is 171 Å². The van der Waals surface area contributed by atoms with Gasteiger partial charge in [-0.15, -0.1) is 0 Å². The van der Waals surface area contributed by atoms with Gasteiger partial charge in [0.05, 0.1) is 5.02 Å². The van der Waals surface area contributed by atoms with Crippen molar-refractivity contribution >= 4 is 27.5 Å². The van der Waals surface area contributed by atoms with Gasteiger partial charge < -0.3 is 5.32 Å². The third kappa shape index (κ3) is 4.40. The van der Waals surface area contributed by atoms with E-state index in [1.165, 1.54) is 16.4 Å². The van der Waals surface area contributed by atoms with Crippen molar-refractivity contribution in [2.75, 3.05) is 6.54 Å². The van der Waals surface area contributed by atoms with Gasteiger partial charge in [0, 0.05) is 24.7 Å². The molecule has 0 aliphatic carbocycles. The fourth-order valence-electron chi connectivity index (χ4n) is 3.47. The largest absolute Gasteiger partial charge is 0.350 e. The second kappa shape index (κ2) is 8.64. The average Bonchev–Trinajstić information content (AvgIpc) is 2.67. The van der Waals surface area contributed by atoms with Crippen LogP contribution in [0.15, 0.2) is 47.4 Å². The number of nitrogens with one attached hydrogen (secondary N) is 1. The summed E-state index contributed by atoms with van der Waals surface area (Å²) in [6, 6.07) is 12.3. The monoisotopic (exact) mass is 420 g/mol. The van der Waals surface area contributed by atoms with E-state index in [0.29, 0.717) is 25.1 Å². The lowest BCUT2D eigenvalue weighted by molar-refractivity contribution is 0.0938. The van der Waals surface area contributed by atoms with Crippen molar-refractivity contribution in [1.29, 1.82) is 0 Å². The third-order valence-corrected chi connectivity index (χ3v) is 7.33. The quantitative estimate of drug-likeness (QED) is 0.767. The molecule has 1 amide bonds. The van der Waals surface area contributed by atoms with Gasteiger partial charge in [0.15, 0.2) is 0 Å². The number of hydrogen-bond donors (Lipinski definition) is 1. The highest BCUT2D eigenvalue weighted by molar-refractivity contribution is 7.89. The predicted octanol–water partition coefficient (Wildman–Crippen LogP) is 4.01. The summed E-state index contributed by atoms with van der Waals surface area (Å²) in [7, 11) is -3.81. The molecule has 0 unspecified atom stereocenters. The van der Waals surface area contributed by atoms with Crippen LogP contribution in [0.25, 0.3) is 0 Å². The number of rotatable bonds is 6. The van der Waals surface area contributed by atoms with Gasteiger partial charge >= 0.3 is 0 Å². The first-order valence-electron chi connectivity index (χ1n) is 9.50. The first-order valence-corrected chi connectivity index (χ1v) is 11.3. The Bertz CT molecular complexity index is 975. The van der Waals surface area contributed by atoms with Crippen LogP contribution in [0.3, 0.4) is 0 Å². The molecule has 1 aliphatic rings. The lowest BCUT2D eigenvalue weighted by Crippen LogP contribution is -2.36. The lowest BCUT2D eigenvalue weighted by atomic mass is 10.0. The van der Waals surface area contributed by atoms with E-state index in [2.05, 4.69) is 5.32 Å². The van der Waals surface area contributed by atoms with Crippen LogP contribution in [-0.2, 0) is 23.0 Å². The highest BCUT2D eigenvalue weighted by Crippen LogP contribution is 2.29. The number of benzene rings is 2. The van der Waals surface area contributed by atoms with E-state index >= 15 is 0 Å². The maximum Gasteiger partial charge on any atom is 0.251 e. The minimum atomic E-state index is -3.81. The zero-order valence-corrected chi connectivity index (χ0v) is 17.7. The van der Waals surface area contributed by atoms with E-state index in [9.17, 15) is 13.2 Å². The van der Waals surface area contributed by atoms with Gasteiger partial charge in [-0.3, -0.25) is 4.79 Å². The zero-order chi connectivity index (χ0) is 20.3. The molecule has 0 radical (unpaired) electrons. The molecule has 0 bridgehead atoms. The molecular formula is C21H25ClN2O3S.